The molecule has 8 nitrogen and oxygen atoms in total. The average Bonchev–Trinajstić information content (AvgIpc) is 3.71. The molecule has 2 aromatic heterocycles. The van der Waals surface area contributed by atoms with E-state index in [4.69, 9.17) is 4.74 Å². The van der Waals surface area contributed by atoms with Gasteiger partial charge in [-0.2, -0.15) is 5.10 Å². The van der Waals surface area contributed by atoms with Gasteiger partial charge in [0.05, 0.1) is 24.6 Å². The highest BCUT2D eigenvalue weighted by molar-refractivity contribution is 5.75. The van der Waals surface area contributed by atoms with E-state index in [2.05, 4.69) is 44.5 Å². The maximum atomic E-state index is 15.3. The number of phenols is 1. The van der Waals surface area contributed by atoms with Gasteiger partial charge in [0.25, 0.3) is 0 Å². The summed E-state index contributed by atoms with van der Waals surface area (Å²) in [5.41, 5.74) is 0.00794. The van der Waals surface area contributed by atoms with Crippen LogP contribution in [0.2, 0.25) is 0 Å². The number of aromatic nitrogens is 4. The molecule has 3 aromatic rings. The molecular weight excluding hydrogens is 490 g/mol. The maximum Gasteiger partial charge on any atom is 0.233 e. The van der Waals surface area contributed by atoms with Crippen molar-refractivity contribution >= 4 is 5.82 Å². The Kier molecular flexibility index (Phi) is 5.97. The molecule has 4 heterocycles. The number of fused-ring (bicyclic) bond motifs is 2. The molecule has 1 saturated carbocycles. The van der Waals surface area contributed by atoms with Crippen molar-refractivity contribution in [2.75, 3.05) is 12.0 Å². The van der Waals surface area contributed by atoms with Gasteiger partial charge in [-0.05, 0) is 77.0 Å². The van der Waals surface area contributed by atoms with Crippen molar-refractivity contribution in [3.63, 3.8) is 0 Å². The Morgan fingerprint density at radius 1 is 1.00 bits per heavy atom. The predicted octanol–water partition coefficient (Wildman–Crippen LogP) is 5.02. The van der Waals surface area contributed by atoms with Crippen LogP contribution in [0.3, 0.4) is 0 Å². The highest BCUT2D eigenvalue weighted by Gasteiger charge is 2.49. The Morgan fingerprint density at radius 2 is 1.74 bits per heavy atom. The number of ether oxygens (including phenoxy) is 1. The lowest BCUT2D eigenvalue weighted by molar-refractivity contribution is 0.0766. The summed E-state index contributed by atoms with van der Waals surface area (Å²) in [6.45, 7) is 4.64. The summed E-state index contributed by atoms with van der Waals surface area (Å²) in [4.78, 5) is 2.39. The van der Waals surface area contributed by atoms with Crippen molar-refractivity contribution in [1.29, 1.82) is 0 Å². The van der Waals surface area contributed by atoms with Crippen LogP contribution in [-0.2, 0) is 0 Å². The molecule has 1 aromatic carbocycles. The first-order valence-electron chi connectivity index (χ1n) is 13.2. The first-order chi connectivity index (χ1) is 18.2. The van der Waals surface area contributed by atoms with Crippen molar-refractivity contribution in [1.82, 2.24) is 25.7 Å². The molecule has 3 aliphatic rings. The van der Waals surface area contributed by atoms with Crippen molar-refractivity contribution in [2.24, 2.45) is 0 Å². The summed E-state index contributed by atoms with van der Waals surface area (Å²) in [5.74, 6) is -1.89. The summed E-state index contributed by atoms with van der Waals surface area (Å²) in [6.07, 6.45) is 9.10. The normalized spacial score (nSPS) is 26.7. The Labute approximate surface area is 220 Å². The number of rotatable bonds is 6. The minimum atomic E-state index is -1.20. The van der Waals surface area contributed by atoms with Crippen LogP contribution in [0.15, 0.2) is 30.5 Å². The predicted molar refractivity (Wildman–Crippen MR) is 139 cm³/mol. The number of aromatic hydroxyl groups is 1. The molecule has 200 valence electrons. The molecule has 6 rings (SSSR count). The van der Waals surface area contributed by atoms with Gasteiger partial charge in [0.1, 0.15) is 5.75 Å². The SMILES string of the molecule is COc1cc(-c2cc(O)c(-c3ccc(N(C4CC4)C4C[C@]5(C)CCC[C@](C)(C4)N5)nn3)c(F)c2F)cnn1. The van der Waals surface area contributed by atoms with Crippen molar-refractivity contribution < 1.29 is 18.6 Å². The third-order valence-corrected chi connectivity index (χ3v) is 8.28. The van der Waals surface area contributed by atoms with Crippen molar-refractivity contribution in [3.8, 4) is 34.0 Å². The molecule has 2 saturated heterocycles. The van der Waals surface area contributed by atoms with Crippen LogP contribution in [0.25, 0.3) is 22.4 Å². The first-order valence-corrected chi connectivity index (χ1v) is 13.2. The second-order valence-corrected chi connectivity index (χ2v) is 11.5. The number of methoxy groups -OCH3 is 1. The van der Waals surface area contributed by atoms with Gasteiger partial charge < -0.3 is 20.1 Å². The van der Waals surface area contributed by atoms with E-state index in [1.54, 1.807) is 6.07 Å². The lowest BCUT2D eigenvalue weighted by Gasteiger charge is -2.55. The van der Waals surface area contributed by atoms with Gasteiger partial charge in [-0.1, -0.05) is 0 Å². The topological polar surface area (TPSA) is 96.3 Å². The van der Waals surface area contributed by atoms with Crippen LogP contribution in [0.4, 0.5) is 14.6 Å². The molecule has 0 spiro atoms. The van der Waals surface area contributed by atoms with Gasteiger partial charge in [-0.15, -0.1) is 15.3 Å². The molecule has 1 unspecified atom stereocenters. The van der Waals surface area contributed by atoms with Crippen LogP contribution >= 0.6 is 0 Å². The van der Waals surface area contributed by atoms with Gasteiger partial charge in [-0.25, -0.2) is 8.78 Å². The molecular formula is C28H32F2N6O2. The summed E-state index contributed by atoms with van der Waals surface area (Å²) in [6, 6.07) is 6.74. The standard InChI is InChI=1S/C28H32F2N6O2/c1-27-9-4-10-28(2,35-27)14-18(13-27)36(17-5-6-17)22-8-7-20(32-33-22)24-21(37)12-19(25(29)26(24)30)16-11-23(38-3)34-31-15-16/h7-8,11-12,15,17-18,35,37H,4-6,9-10,13-14H2,1-3H3/t18?,27-,28+. The number of nitrogens with zero attached hydrogens (tertiary/aromatic N) is 5. The number of piperidine rings is 2. The second-order valence-electron chi connectivity index (χ2n) is 11.5. The highest BCUT2D eigenvalue weighted by Crippen LogP contribution is 2.45. The van der Waals surface area contributed by atoms with Gasteiger partial charge in [-0.3, -0.25) is 0 Å². The van der Waals surface area contributed by atoms with Crippen LogP contribution < -0.4 is 15.0 Å². The number of hydrogen-bond donors (Lipinski definition) is 2. The third-order valence-electron chi connectivity index (χ3n) is 8.28. The molecule has 3 fully saturated rings. The number of nitrogens with one attached hydrogen (secondary N) is 1. The summed E-state index contributed by atoms with van der Waals surface area (Å²) in [5, 5.41) is 30.8. The quantitative estimate of drug-likeness (QED) is 0.466. The van der Waals surface area contributed by atoms with Crippen LogP contribution in [-0.4, -0.2) is 55.8 Å². The number of hydrogen-bond acceptors (Lipinski definition) is 8. The van der Waals surface area contributed by atoms with E-state index in [9.17, 15) is 5.11 Å². The summed E-state index contributed by atoms with van der Waals surface area (Å²) < 4.78 is 35.5. The van der Waals surface area contributed by atoms with Crippen LogP contribution in [0, 0.1) is 11.6 Å². The minimum absolute atomic E-state index is 0.0662. The van der Waals surface area contributed by atoms with E-state index in [1.165, 1.54) is 25.8 Å². The van der Waals surface area contributed by atoms with E-state index in [0.29, 0.717) is 12.1 Å². The molecule has 1 aliphatic carbocycles. The number of halogens is 2. The molecule has 0 radical (unpaired) electrons. The largest absolute Gasteiger partial charge is 0.507 e. The summed E-state index contributed by atoms with van der Waals surface area (Å²) >= 11 is 0. The zero-order chi connectivity index (χ0) is 26.7. The van der Waals surface area contributed by atoms with E-state index in [-0.39, 0.29) is 39.3 Å². The van der Waals surface area contributed by atoms with E-state index < -0.39 is 17.4 Å². The van der Waals surface area contributed by atoms with E-state index >= 15 is 8.78 Å². The lowest BCUT2D eigenvalue weighted by Crippen LogP contribution is -2.67. The van der Waals surface area contributed by atoms with Gasteiger partial charge in [0.15, 0.2) is 17.5 Å². The fraction of sp³-hybridized carbons (Fsp3) is 0.500. The van der Waals surface area contributed by atoms with Gasteiger partial charge in [0.2, 0.25) is 5.88 Å². The van der Waals surface area contributed by atoms with Gasteiger partial charge in [0, 0.05) is 40.4 Å². The van der Waals surface area contributed by atoms with Crippen molar-refractivity contribution in [3.05, 3.63) is 42.1 Å². The lowest BCUT2D eigenvalue weighted by atomic mass is 9.69. The molecule has 2 N–H and O–H groups in total. The molecule has 3 atom stereocenters. The first kappa shape index (κ1) is 24.9. The summed E-state index contributed by atoms with van der Waals surface area (Å²) in [7, 11) is 1.40. The van der Waals surface area contributed by atoms with Crippen molar-refractivity contribution in [2.45, 2.75) is 82.0 Å². The Balaban J connectivity index is 1.31. The maximum absolute atomic E-state index is 15.3. The minimum Gasteiger partial charge on any atom is -0.507 e. The highest BCUT2D eigenvalue weighted by atomic mass is 19.2. The number of anilines is 1. The van der Waals surface area contributed by atoms with Crippen LogP contribution in [0.5, 0.6) is 11.6 Å². The Bertz CT molecular complexity index is 1350. The molecule has 2 aliphatic heterocycles. The zero-order valence-electron chi connectivity index (χ0n) is 21.8. The molecule has 10 heteroatoms. The molecule has 0 amide bonds. The monoisotopic (exact) mass is 522 g/mol. The Morgan fingerprint density at radius 3 is 2.37 bits per heavy atom. The fourth-order valence-electron chi connectivity index (χ4n) is 6.62. The second kappa shape index (κ2) is 9.11. The number of benzene rings is 1. The average molecular weight is 523 g/mol. The zero-order valence-corrected chi connectivity index (χ0v) is 21.8. The van der Waals surface area contributed by atoms with Gasteiger partial charge >= 0.3 is 0 Å². The van der Waals surface area contributed by atoms with E-state index in [1.807, 2.05) is 6.07 Å². The van der Waals surface area contributed by atoms with Crippen LogP contribution in [0.1, 0.15) is 58.8 Å². The van der Waals surface area contributed by atoms with E-state index in [0.717, 1.165) is 50.4 Å². The molecule has 2 bridgehead atoms. The fourth-order valence-corrected chi connectivity index (χ4v) is 6.62. The number of phenolic OH excluding ortho intramolecular Hbond substituents is 1. The Hall–Kier alpha value is -3.40. The smallest absolute Gasteiger partial charge is 0.233 e. The third kappa shape index (κ3) is 4.44. The molecule has 38 heavy (non-hydrogen) atoms.